The third-order valence-corrected chi connectivity index (χ3v) is 5.05. The number of ether oxygens (including phenoxy) is 1. The van der Waals surface area contributed by atoms with Crippen molar-refractivity contribution in [3.05, 3.63) is 29.8 Å². The molecule has 1 saturated heterocycles. The van der Waals surface area contributed by atoms with Crippen LogP contribution in [0.5, 0.6) is 5.75 Å². The number of piperidine rings is 1. The Bertz CT molecular complexity index is 541. The molecule has 0 bridgehead atoms. The van der Waals surface area contributed by atoms with Crippen molar-refractivity contribution in [2.45, 2.75) is 58.3 Å². The first kappa shape index (κ1) is 18.9. The maximum absolute atomic E-state index is 10.9. The van der Waals surface area contributed by atoms with E-state index in [9.17, 15) is 5.11 Å². The number of likely N-dealkylation sites (tertiary alicyclic amines) is 1. The number of aliphatic hydroxyl groups is 1. The summed E-state index contributed by atoms with van der Waals surface area (Å²) >= 11 is 0. The average molecular weight is 332 g/mol. The molecule has 0 amide bonds. The molecule has 1 aliphatic heterocycles. The predicted octanol–water partition coefficient (Wildman–Crippen LogP) is 3.37. The van der Waals surface area contributed by atoms with Gasteiger partial charge in [-0.15, -0.1) is 0 Å². The second-order valence-electron chi connectivity index (χ2n) is 7.52. The van der Waals surface area contributed by atoms with E-state index in [0.29, 0.717) is 12.6 Å². The second-order valence-corrected chi connectivity index (χ2v) is 7.52. The van der Waals surface area contributed by atoms with Crippen molar-refractivity contribution in [3.63, 3.8) is 0 Å². The largest absolute Gasteiger partial charge is 0.491 e. The SMILES string of the molecule is CC(C)Oc1ccc(C=NCC[C@@]2(O)C[C@@H](C)N(C)C[C@@H]2C)cc1. The smallest absolute Gasteiger partial charge is 0.119 e. The molecule has 4 heteroatoms. The van der Waals surface area contributed by atoms with E-state index in [1.165, 1.54) is 0 Å². The highest BCUT2D eigenvalue weighted by atomic mass is 16.5. The van der Waals surface area contributed by atoms with Gasteiger partial charge in [-0.2, -0.15) is 0 Å². The van der Waals surface area contributed by atoms with Crippen LogP contribution >= 0.6 is 0 Å². The van der Waals surface area contributed by atoms with Gasteiger partial charge in [0, 0.05) is 25.3 Å². The minimum atomic E-state index is -0.599. The van der Waals surface area contributed by atoms with Crippen molar-refractivity contribution < 1.29 is 9.84 Å². The Labute approximate surface area is 146 Å². The van der Waals surface area contributed by atoms with Gasteiger partial charge in [-0.1, -0.05) is 6.92 Å². The van der Waals surface area contributed by atoms with Crippen LogP contribution in [-0.2, 0) is 0 Å². The van der Waals surface area contributed by atoms with Gasteiger partial charge in [-0.3, -0.25) is 4.99 Å². The highest BCUT2D eigenvalue weighted by Gasteiger charge is 2.40. The van der Waals surface area contributed by atoms with Gasteiger partial charge >= 0.3 is 0 Å². The second kappa shape index (κ2) is 8.13. The molecule has 1 fully saturated rings. The summed E-state index contributed by atoms with van der Waals surface area (Å²) in [6.45, 7) is 9.95. The van der Waals surface area contributed by atoms with Crippen LogP contribution in [0.25, 0.3) is 0 Å². The van der Waals surface area contributed by atoms with E-state index < -0.39 is 5.60 Å². The fourth-order valence-corrected chi connectivity index (χ4v) is 3.33. The van der Waals surface area contributed by atoms with Crippen molar-refractivity contribution in [1.82, 2.24) is 4.90 Å². The minimum Gasteiger partial charge on any atom is -0.491 e. The minimum absolute atomic E-state index is 0.184. The van der Waals surface area contributed by atoms with E-state index in [-0.39, 0.29) is 12.0 Å². The number of aliphatic imine (C=N–C) groups is 1. The van der Waals surface area contributed by atoms with Gasteiger partial charge < -0.3 is 14.7 Å². The number of nitrogens with zero attached hydrogens (tertiary/aromatic N) is 2. The third-order valence-electron chi connectivity index (χ3n) is 5.05. The molecule has 1 aromatic carbocycles. The molecule has 0 spiro atoms. The Morgan fingerprint density at radius 3 is 2.62 bits per heavy atom. The Morgan fingerprint density at radius 1 is 1.33 bits per heavy atom. The number of hydrogen-bond donors (Lipinski definition) is 1. The van der Waals surface area contributed by atoms with Crippen LogP contribution in [0.4, 0.5) is 0 Å². The molecule has 0 aromatic heterocycles. The molecule has 4 nitrogen and oxygen atoms in total. The fourth-order valence-electron chi connectivity index (χ4n) is 3.33. The maximum atomic E-state index is 10.9. The normalized spacial score (nSPS) is 28.6. The van der Waals surface area contributed by atoms with E-state index in [0.717, 1.165) is 30.7 Å². The molecule has 134 valence electrons. The Hall–Kier alpha value is -1.39. The molecular weight excluding hydrogens is 300 g/mol. The zero-order chi connectivity index (χ0) is 17.7. The van der Waals surface area contributed by atoms with Gasteiger partial charge in [0.15, 0.2) is 0 Å². The summed E-state index contributed by atoms with van der Waals surface area (Å²) in [6.07, 6.45) is 3.61. The Kier molecular flexibility index (Phi) is 6.41. The van der Waals surface area contributed by atoms with Crippen molar-refractivity contribution in [2.24, 2.45) is 10.9 Å². The zero-order valence-corrected chi connectivity index (χ0v) is 15.7. The van der Waals surface area contributed by atoms with Crippen molar-refractivity contribution in [3.8, 4) is 5.75 Å². The van der Waals surface area contributed by atoms with E-state index in [2.05, 4.69) is 30.8 Å². The molecule has 2 rings (SSSR count). The van der Waals surface area contributed by atoms with Crippen LogP contribution in [0.1, 0.15) is 46.1 Å². The highest BCUT2D eigenvalue weighted by Crippen LogP contribution is 2.33. The lowest BCUT2D eigenvalue weighted by molar-refractivity contribution is -0.0818. The topological polar surface area (TPSA) is 45.1 Å². The molecule has 1 heterocycles. The average Bonchev–Trinajstić information content (AvgIpc) is 2.51. The molecule has 0 radical (unpaired) electrons. The van der Waals surface area contributed by atoms with Gasteiger partial charge in [0.1, 0.15) is 5.75 Å². The van der Waals surface area contributed by atoms with E-state index >= 15 is 0 Å². The van der Waals surface area contributed by atoms with Crippen molar-refractivity contribution >= 4 is 6.21 Å². The van der Waals surface area contributed by atoms with E-state index in [1.807, 2.05) is 44.3 Å². The monoisotopic (exact) mass is 332 g/mol. The van der Waals surface area contributed by atoms with Crippen LogP contribution in [-0.4, -0.2) is 54.1 Å². The van der Waals surface area contributed by atoms with Crippen LogP contribution in [0.2, 0.25) is 0 Å². The van der Waals surface area contributed by atoms with Crippen molar-refractivity contribution in [1.29, 1.82) is 0 Å². The van der Waals surface area contributed by atoms with Crippen LogP contribution in [0.3, 0.4) is 0 Å². The Morgan fingerprint density at radius 2 is 2.00 bits per heavy atom. The lowest BCUT2D eigenvalue weighted by Gasteiger charge is -2.45. The lowest BCUT2D eigenvalue weighted by atomic mass is 9.77. The first-order valence-corrected chi connectivity index (χ1v) is 8.99. The standard InChI is InChI=1S/C20H32N2O2/c1-15(2)24-19-8-6-18(7-9-19)13-21-11-10-20(23)12-17(4)22(5)14-16(20)3/h6-9,13,15-17,23H,10-12,14H2,1-5H3/t16-,17+,20+/m0/s1. The highest BCUT2D eigenvalue weighted by molar-refractivity contribution is 5.79. The molecule has 3 atom stereocenters. The van der Waals surface area contributed by atoms with E-state index in [1.54, 1.807) is 0 Å². The molecule has 0 unspecified atom stereocenters. The summed E-state index contributed by atoms with van der Waals surface area (Å²) < 4.78 is 5.64. The number of benzene rings is 1. The van der Waals surface area contributed by atoms with Crippen LogP contribution < -0.4 is 4.74 Å². The van der Waals surface area contributed by atoms with E-state index in [4.69, 9.17) is 4.74 Å². The summed E-state index contributed by atoms with van der Waals surface area (Å²) in [7, 11) is 2.13. The lowest BCUT2D eigenvalue weighted by Crippen LogP contribution is -2.53. The quantitative estimate of drug-likeness (QED) is 0.812. The van der Waals surface area contributed by atoms with Gasteiger partial charge in [-0.05, 0) is 76.4 Å². The summed E-state index contributed by atoms with van der Waals surface area (Å²) in [4.78, 5) is 6.83. The zero-order valence-electron chi connectivity index (χ0n) is 15.7. The predicted molar refractivity (Wildman–Crippen MR) is 100 cm³/mol. The summed E-state index contributed by atoms with van der Waals surface area (Å²) in [5.41, 5.74) is 0.459. The van der Waals surface area contributed by atoms with Crippen LogP contribution in [0, 0.1) is 5.92 Å². The number of rotatable bonds is 6. The molecule has 24 heavy (non-hydrogen) atoms. The summed E-state index contributed by atoms with van der Waals surface area (Å²) in [5, 5.41) is 10.9. The van der Waals surface area contributed by atoms with Gasteiger partial charge in [0.2, 0.25) is 0 Å². The molecule has 0 aliphatic carbocycles. The van der Waals surface area contributed by atoms with Gasteiger partial charge in [0.05, 0.1) is 11.7 Å². The first-order valence-electron chi connectivity index (χ1n) is 8.99. The molecular formula is C20H32N2O2. The first-order chi connectivity index (χ1) is 11.3. The van der Waals surface area contributed by atoms with Crippen LogP contribution in [0.15, 0.2) is 29.3 Å². The molecule has 0 saturated carbocycles. The molecule has 1 N–H and O–H groups in total. The van der Waals surface area contributed by atoms with Crippen molar-refractivity contribution in [2.75, 3.05) is 20.1 Å². The van der Waals surface area contributed by atoms with Gasteiger partial charge in [0.25, 0.3) is 0 Å². The molecule has 1 aromatic rings. The summed E-state index contributed by atoms with van der Waals surface area (Å²) in [6, 6.07) is 8.38. The van der Waals surface area contributed by atoms with Gasteiger partial charge in [-0.25, -0.2) is 0 Å². The summed E-state index contributed by atoms with van der Waals surface area (Å²) in [5.74, 6) is 1.16. The maximum Gasteiger partial charge on any atom is 0.119 e. The molecule has 1 aliphatic rings. The number of hydrogen-bond acceptors (Lipinski definition) is 4. The fraction of sp³-hybridized carbons (Fsp3) is 0.650. The third kappa shape index (κ3) is 5.05. The Balaban J connectivity index is 1.85.